The van der Waals surface area contributed by atoms with E-state index < -0.39 is 0 Å². The SMILES string of the molecule is Cc1ccc(Cn2nc3n(c2=O)[C@H](C(=O)N2CC(C)C2)CCC3)cc1. The Balaban J connectivity index is 1.61. The second-order valence-electron chi connectivity index (χ2n) is 7.47. The standard InChI is InChI=1S/C19H24N4O2/c1-13-6-8-15(9-7-13)12-22-19(25)23-16(4-3-5-17(23)20-22)18(24)21-10-14(2)11-21/h6-9,14,16H,3-5,10-12H2,1-2H3/t16-/m0/s1. The Bertz CT molecular complexity index is 843. The van der Waals surface area contributed by atoms with Crippen LogP contribution < -0.4 is 5.69 Å². The number of fused-ring (bicyclic) bond motifs is 1. The van der Waals surface area contributed by atoms with Gasteiger partial charge in [0.05, 0.1) is 6.54 Å². The van der Waals surface area contributed by atoms with Gasteiger partial charge in [0.2, 0.25) is 5.91 Å². The van der Waals surface area contributed by atoms with Gasteiger partial charge in [-0.3, -0.25) is 9.36 Å². The average Bonchev–Trinajstić information content (AvgIpc) is 2.89. The topological polar surface area (TPSA) is 60.1 Å². The van der Waals surface area contributed by atoms with Gasteiger partial charge in [-0.25, -0.2) is 9.48 Å². The maximum Gasteiger partial charge on any atom is 0.346 e. The summed E-state index contributed by atoms with van der Waals surface area (Å²) in [5, 5.41) is 4.52. The fourth-order valence-corrected chi connectivity index (χ4v) is 3.82. The Morgan fingerprint density at radius 2 is 1.96 bits per heavy atom. The summed E-state index contributed by atoms with van der Waals surface area (Å²) in [4.78, 5) is 27.5. The highest BCUT2D eigenvalue weighted by Gasteiger charge is 2.36. The number of carbonyl (C=O) groups excluding carboxylic acids is 1. The number of rotatable bonds is 3. The minimum atomic E-state index is -0.379. The Kier molecular flexibility index (Phi) is 3.98. The predicted octanol–water partition coefficient (Wildman–Crippen LogP) is 1.76. The molecule has 2 aliphatic heterocycles. The van der Waals surface area contributed by atoms with Gasteiger partial charge in [-0.05, 0) is 31.2 Å². The van der Waals surface area contributed by atoms with Crippen LogP contribution in [0.1, 0.15) is 42.8 Å². The van der Waals surface area contributed by atoms with Crippen LogP contribution in [0.2, 0.25) is 0 Å². The van der Waals surface area contributed by atoms with Crippen LogP contribution in [0.3, 0.4) is 0 Å². The van der Waals surface area contributed by atoms with Crippen molar-refractivity contribution in [1.82, 2.24) is 19.2 Å². The smallest absolute Gasteiger partial charge is 0.340 e. The summed E-state index contributed by atoms with van der Waals surface area (Å²) < 4.78 is 3.15. The molecule has 0 N–H and O–H groups in total. The van der Waals surface area contributed by atoms with E-state index in [4.69, 9.17) is 0 Å². The Morgan fingerprint density at radius 3 is 2.64 bits per heavy atom. The summed E-state index contributed by atoms with van der Waals surface area (Å²) in [5.74, 6) is 1.39. The molecule has 0 aliphatic carbocycles. The predicted molar refractivity (Wildman–Crippen MR) is 94.5 cm³/mol. The van der Waals surface area contributed by atoms with Gasteiger partial charge in [0.25, 0.3) is 0 Å². The zero-order valence-corrected chi connectivity index (χ0v) is 14.8. The first kappa shape index (κ1) is 16.1. The molecule has 6 heteroatoms. The molecule has 1 atom stereocenters. The van der Waals surface area contributed by atoms with Crippen LogP contribution in [0.25, 0.3) is 0 Å². The number of hydrogen-bond acceptors (Lipinski definition) is 3. The molecule has 1 saturated heterocycles. The molecule has 2 aliphatic rings. The lowest BCUT2D eigenvalue weighted by atomic mass is 9.98. The normalized spacial score (nSPS) is 20.2. The van der Waals surface area contributed by atoms with E-state index in [0.717, 1.165) is 43.7 Å². The zero-order valence-electron chi connectivity index (χ0n) is 14.8. The summed E-state index contributed by atoms with van der Waals surface area (Å²) in [6.45, 7) is 6.23. The van der Waals surface area contributed by atoms with Gasteiger partial charge in [-0.2, -0.15) is 5.10 Å². The average molecular weight is 340 g/mol. The van der Waals surface area contributed by atoms with E-state index in [-0.39, 0.29) is 17.6 Å². The van der Waals surface area contributed by atoms with E-state index in [2.05, 4.69) is 12.0 Å². The lowest BCUT2D eigenvalue weighted by molar-refractivity contribution is -0.141. The van der Waals surface area contributed by atoms with Crippen LogP contribution in [-0.4, -0.2) is 38.2 Å². The molecule has 2 aromatic rings. The van der Waals surface area contributed by atoms with Gasteiger partial charge in [-0.1, -0.05) is 36.8 Å². The van der Waals surface area contributed by atoms with Crippen LogP contribution in [0.5, 0.6) is 0 Å². The first-order valence-electron chi connectivity index (χ1n) is 9.05. The monoisotopic (exact) mass is 340 g/mol. The number of carbonyl (C=O) groups is 1. The molecule has 1 aromatic carbocycles. The van der Waals surface area contributed by atoms with Crippen molar-refractivity contribution in [2.45, 2.75) is 45.7 Å². The summed E-state index contributed by atoms with van der Waals surface area (Å²) in [5.41, 5.74) is 2.07. The minimum absolute atomic E-state index is 0.0797. The van der Waals surface area contributed by atoms with Crippen molar-refractivity contribution in [1.29, 1.82) is 0 Å². The Hall–Kier alpha value is -2.37. The van der Waals surface area contributed by atoms with Crippen LogP contribution in [0.15, 0.2) is 29.1 Å². The molecule has 0 saturated carbocycles. The summed E-state index contributed by atoms with van der Waals surface area (Å²) in [6.07, 6.45) is 2.39. The lowest BCUT2D eigenvalue weighted by Gasteiger charge is -2.40. The van der Waals surface area contributed by atoms with E-state index in [0.29, 0.717) is 12.5 Å². The molecule has 1 amide bonds. The molecular weight excluding hydrogens is 316 g/mol. The Morgan fingerprint density at radius 1 is 1.24 bits per heavy atom. The van der Waals surface area contributed by atoms with Gasteiger partial charge in [-0.15, -0.1) is 0 Å². The number of nitrogens with zero attached hydrogens (tertiary/aromatic N) is 4. The van der Waals surface area contributed by atoms with Crippen molar-refractivity contribution in [3.8, 4) is 0 Å². The molecule has 132 valence electrons. The third kappa shape index (κ3) is 2.90. The molecule has 3 heterocycles. The molecule has 25 heavy (non-hydrogen) atoms. The van der Waals surface area contributed by atoms with E-state index >= 15 is 0 Å². The van der Waals surface area contributed by atoms with Crippen molar-refractivity contribution >= 4 is 5.91 Å². The van der Waals surface area contributed by atoms with Gasteiger partial charge in [0.15, 0.2) is 0 Å². The minimum Gasteiger partial charge on any atom is -0.340 e. The number of likely N-dealkylation sites (tertiary alicyclic amines) is 1. The van der Waals surface area contributed by atoms with Crippen LogP contribution in [-0.2, 0) is 17.8 Å². The number of benzene rings is 1. The molecule has 0 radical (unpaired) electrons. The molecular formula is C19H24N4O2. The van der Waals surface area contributed by atoms with E-state index in [1.165, 1.54) is 10.2 Å². The van der Waals surface area contributed by atoms with Gasteiger partial charge >= 0.3 is 5.69 Å². The highest BCUT2D eigenvalue weighted by atomic mass is 16.2. The lowest BCUT2D eigenvalue weighted by Crippen LogP contribution is -2.52. The highest BCUT2D eigenvalue weighted by molar-refractivity contribution is 5.81. The summed E-state index contributed by atoms with van der Waals surface area (Å²) >= 11 is 0. The van der Waals surface area contributed by atoms with Crippen molar-refractivity contribution in [2.75, 3.05) is 13.1 Å². The molecule has 4 rings (SSSR count). The maximum absolute atomic E-state index is 12.9. The van der Waals surface area contributed by atoms with Crippen LogP contribution in [0.4, 0.5) is 0 Å². The van der Waals surface area contributed by atoms with E-state index in [1.54, 1.807) is 4.57 Å². The first-order chi connectivity index (χ1) is 12.0. The Labute approximate surface area is 147 Å². The third-order valence-corrected chi connectivity index (χ3v) is 5.24. The van der Waals surface area contributed by atoms with E-state index in [9.17, 15) is 9.59 Å². The quantitative estimate of drug-likeness (QED) is 0.855. The molecule has 0 spiro atoms. The van der Waals surface area contributed by atoms with Crippen molar-refractivity contribution in [3.05, 3.63) is 51.7 Å². The first-order valence-corrected chi connectivity index (χ1v) is 9.05. The van der Waals surface area contributed by atoms with Gasteiger partial charge in [0, 0.05) is 19.5 Å². The van der Waals surface area contributed by atoms with E-state index in [1.807, 2.05) is 36.1 Å². The maximum atomic E-state index is 12.9. The van der Waals surface area contributed by atoms with Crippen molar-refractivity contribution in [2.24, 2.45) is 5.92 Å². The number of aromatic nitrogens is 3. The fourth-order valence-electron chi connectivity index (χ4n) is 3.82. The van der Waals surface area contributed by atoms with Crippen LogP contribution in [0, 0.1) is 12.8 Å². The second-order valence-corrected chi connectivity index (χ2v) is 7.47. The molecule has 1 fully saturated rings. The summed E-state index contributed by atoms with van der Waals surface area (Å²) in [6, 6.07) is 7.73. The zero-order chi connectivity index (χ0) is 17.6. The molecule has 0 bridgehead atoms. The summed E-state index contributed by atoms with van der Waals surface area (Å²) in [7, 11) is 0. The number of aryl methyl sites for hydroxylation is 2. The number of amides is 1. The van der Waals surface area contributed by atoms with Gasteiger partial charge < -0.3 is 4.90 Å². The van der Waals surface area contributed by atoms with Crippen molar-refractivity contribution < 1.29 is 4.79 Å². The molecule has 0 unspecified atom stereocenters. The number of hydrogen-bond donors (Lipinski definition) is 0. The molecule has 1 aromatic heterocycles. The fraction of sp³-hybridized carbons (Fsp3) is 0.526. The molecule has 6 nitrogen and oxygen atoms in total. The van der Waals surface area contributed by atoms with Gasteiger partial charge in [0.1, 0.15) is 11.9 Å². The van der Waals surface area contributed by atoms with Crippen LogP contribution >= 0.6 is 0 Å². The van der Waals surface area contributed by atoms with Crippen molar-refractivity contribution in [3.63, 3.8) is 0 Å². The largest absolute Gasteiger partial charge is 0.346 e. The second kappa shape index (κ2) is 6.17. The third-order valence-electron chi connectivity index (χ3n) is 5.24. The highest BCUT2D eigenvalue weighted by Crippen LogP contribution is 2.27.